The van der Waals surface area contributed by atoms with Crippen molar-refractivity contribution in [1.82, 2.24) is 0 Å². The number of hydrogen-bond donors (Lipinski definition) is 0. The molecule has 0 aliphatic carbocycles. The summed E-state index contributed by atoms with van der Waals surface area (Å²) in [7, 11) is 0. The molecule has 0 aromatic rings. The largest absolute Gasteiger partial charge is 2.00 e. The van der Waals surface area contributed by atoms with Crippen molar-refractivity contribution in [1.29, 1.82) is 21.8 Å². The molecule has 0 unspecified atom stereocenters. The summed E-state index contributed by atoms with van der Waals surface area (Å²) >= 11 is 0. The Kier molecular flexibility index (Phi) is 48800. The van der Waals surface area contributed by atoms with Crippen LogP contribution in [0.15, 0.2) is 0 Å². The van der Waals surface area contributed by atoms with Crippen molar-refractivity contribution >= 4 is 27.0 Å². The zero-order chi connectivity index (χ0) is 8.00. The zero-order valence-corrected chi connectivity index (χ0v) is 8.79. The van der Waals surface area contributed by atoms with Gasteiger partial charge in [0.2, 0.25) is 0 Å². The molecule has 0 aliphatic heterocycles. The third-order valence-electron chi connectivity index (χ3n) is 0. The van der Waals surface area contributed by atoms with E-state index in [0.717, 1.165) is 0 Å². The molecule has 12 heavy (non-hydrogen) atoms. The molecule has 72 valence electrons. The minimum atomic E-state index is 0. The van der Waals surface area contributed by atoms with E-state index in [4.69, 9.17) is 40.9 Å². The minimum Gasteiger partial charge on any atom is -2.00 e. The fourth-order valence-corrected chi connectivity index (χ4v) is 0. The molecule has 0 fully saturated rings. The molecule has 0 amide bonds. The van der Waals surface area contributed by atoms with Crippen molar-refractivity contribution in [3.63, 3.8) is 0 Å². The first kappa shape index (κ1) is 82.9. The van der Waals surface area contributed by atoms with E-state index in [1.54, 1.807) is 0 Å². The van der Waals surface area contributed by atoms with Gasteiger partial charge in [0.25, 0.3) is 0 Å². The van der Waals surface area contributed by atoms with E-state index in [9.17, 15) is 0 Å². The molecule has 0 aromatic heterocycles. The molecule has 8 nitrogen and oxygen atoms in total. The Balaban J connectivity index is -0.00000000267. The summed E-state index contributed by atoms with van der Waals surface area (Å²) in [6, 6.07) is 0. The van der Waals surface area contributed by atoms with Crippen LogP contribution in [0.5, 0.6) is 0 Å². The first-order valence-corrected chi connectivity index (χ1v) is 0.730. The predicted molar refractivity (Wildman–Crippen MR) is 24.4 cm³/mol. The van der Waals surface area contributed by atoms with Gasteiger partial charge in [0, 0.05) is 34.1 Å². The topological polar surface area (TPSA) is 175 Å². The molecule has 0 atom stereocenters. The summed E-state index contributed by atoms with van der Waals surface area (Å²) in [5, 5.41) is 0. The standard InChI is InChI=1S/2Fe.4NO.2S/c;;4*1-2;;/q;;4*+1;2*-2. The molecule has 0 saturated heterocycles. The van der Waals surface area contributed by atoms with E-state index in [1.807, 2.05) is 0 Å². The Morgan fingerprint density at radius 2 is 0.417 bits per heavy atom. The molecule has 0 aromatic carbocycles. The Bertz CT molecular complexity index is 66.0. The smallest absolute Gasteiger partial charge is 0 e. The van der Waals surface area contributed by atoms with Crippen LogP contribution in [0.25, 0.3) is 0 Å². The van der Waals surface area contributed by atoms with Gasteiger partial charge in [-0.05, 0) is 0 Å². The molecule has 0 heterocycles. The van der Waals surface area contributed by atoms with Gasteiger partial charge in [0.15, 0.2) is 0 Å². The molecule has 0 radical (unpaired) electrons. The molecule has 12 heteroatoms. The quantitative estimate of drug-likeness (QED) is 0.435. The van der Waals surface area contributed by atoms with Gasteiger partial charge in [-0.1, -0.05) is 0 Å². The summed E-state index contributed by atoms with van der Waals surface area (Å²) in [5.41, 5.74) is 23.0. The van der Waals surface area contributed by atoms with E-state index >= 15 is 0 Å². The number of nitrogens with zero attached hydrogens (tertiary/aromatic N) is 4. The van der Waals surface area contributed by atoms with Gasteiger partial charge in [-0.25, -0.2) is 0 Å². The first-order valence-electron chi connectivity index (χ1n) is 0.730. The summed E-state index contributed by atoms with van der Waals surface area (Å²) < 4.78 is 29.0. The molecule has 0 N–H and O–H groups in total. The molecule has 0 bridgehead atoms. The van der Waals surface area contributed by atoms with Crippen LogP contribution in [-0.4, -0.2) is 0 Å². The molecule has 0 rings (SSSR count). The van der Waals surface area contributed by atoms with Crippen molar-refractivity contribution in [2.24, 2.45) is 0 Å². The van der Waals surface area contributed by atoms with Crippen LogP contribution in [0, 0.1) is 21.8 Å². The van der Waals surface area contributed by atoms with Gasteiger partial charge in [0.05, 0.1) is 0 Å². The number of hydrogen-bond acceptors (Lipinski definition) is 4. The second-order valence-electron chi connectivity index (χ2n) is 0. The summed E-state index contributed by atoms with van der Waals surface area (Å²) in [5.74, 6) is 0. The maximum atomic E-state index is 7.25. The Morgan fingerprint density at radius 3 is 0.417 bits per heavy atom. The molecular weight excluding hydrogens is 296 g/mol. The van der Waals surface area contributed by atoms with Gasteiger partial charge >= 0.3 is 40.9 Å². The first-order chi connectivity index (χ1) is 4.00. The van der Waals surface area contributed by atoms with Crippen LogP contribution in [0.4, 0.5) is 0 Å². The van der Waals surface area contributed by atoms with Gasteiger partial charge in [-0.2, -0.15) is 0 Å². The monoisotopic (exact) mass is 296 g/mol. The Hall–Kier alpha value is 0.419. The molecular formula is Fe2N4O4S2. The van der Waals surface area contributed by atoms with Gasteiger partial charge in [0.1, 0.15) is 0 Å². The Morgan fingerprint density at radius 1 is 0.417 bits per heavy atom. The van der Waals surface area contributed by atoms with Crippen LogP contribution in [0.3, 0.4) is 0 Å². The SMILES string of the molecule is N#[O+].N#[O+].N#[O+].N#[O+].[Fe].[Fe].[S-2].[S-2]. The van der Waals surface area contributed by atoms with E-state index in [1.165, 1.54) is 0 Å². The van der Waals surface area contributed by atoms with Crippen LogP contribution >= 0.6 is 0 Å². The van der Waals surface area contributed by atoms with Crippen molar-refractivity contribution in [2.75, 3.05) is 0 Å². The van der Waals surface area contributed by atoms with Gasteiger partial charge in [-0.15, -0.1) is 0 Å². The summed E-state index contributed by atoms with van der Waals surface area (Å²) in [6.07, 6.45) is 0. The van der Waals surface area contributed by atoms with Crippen molar-refractivity contribution < 1.29 is 53.2 Å². The average molecular weight is 296 g/mol. The molecule has 0 spiro atoms. The Labute approximate surface area is 102 Å². The minimum absolute atomic E-state index is 0. The normalized spacial score (nSPS) is 0.667. The second-order valence-corrected chi connectivity index (χ2v) is 0. The van der Waals surface area contributed by atoms with Crippen LogP contribution in [0.2, 0.25) is 0 Å². The second kappa shape index (κ2) is 7060. The van der Waals surface area contributed by atoms with Crippen molar-refractivity contribution in [3.05, 3.63) is 0 Å². The fraction of sp³-hybridized carbons (Fsp3) is 0. The molecule has 0 saturated carbocycles. The third-order valence-corrected chi connectivity index (χ3v) is 0. The zero-order valence-electron chi connectivity index (χ0n) is 4.95. The van der Waals surface area contributed by atoms with E-state index in [2.05, 4.69) is 0 Å². The van der Waals surface area contributed by atoms with E-state index < -0.39 is 0 Å². The van der Waals surface area contributed by atoms with Gasteiger partial charge in [-0.3, -0.25) is 0 Å². The maximum absolute atomic E-state index is 7.25. The third kappa shape index (κ3) is 5270. The predicted octanol–water partition coefficient (Wildman–Crippen LogP) is -0.425. The van der Waals surface area contributed by atoms with Crippen molar-refractivity contribution in [2.45, 2.75) is 0 Å². The molecule has 0 aliphatic rings. The van der Waals surface area contributed by atoms with Crippen molar-refractivity contribution in [3.8, 4) is 0 Å². The van der Waals surface area contributed by atoms with Gasteiger partial charge < -0.3 is 27.0 Å². The van der Waals surface area contributed by atoms with E-state index in [-0.39, 0.29) is 61.1 Å². The van der Waals surface area contributed by atoms with Crippen LogP contribution < -0.4 is 0 Å². The summed E-state index contributed by atoms with van der Waals surface area (Å²) in [4.78, 5) is 0. The van der Waals surface area contributed by atoms with Crippen LogP contribution in [0.1, 0.15) is 0 Å². The fourth-order valence-electron chi connectivity index (χ4n) is 0. The summed E-state index contributed by atoms with van der Waals surface area (Å²) in [6.45, 7) is 0. The van der Waals surface area contributed by atoms with Crippen LogP contribution in [-0.2, 0) is 80.2 Å². The average Bonchev–Trinajstić information content (AvgIpc) is 2.03. The van der Waals surface area contributed by atoms with E-state index in [0.29, 0.717) is 0 Å². The maximum Gasteiger partial charge on any atom is 0 e. The number of rotatable bonds is 0.